The molecule has 0 aliphatic carbocycles. The monoisotopic (exact) mass is 540 g/mol. The van der Waals surface area contributed by atoms with Crippen LogP contribution in [0.15, 0.2) is 59.7 Å². The summed E-state index contributed by atoms with van der Waals surface area (Å²) in [6.45, 7) is 4.93. The molecule has 0 unspecified atom stereocenters. The first-order valence-corrected chi connectivity index (χ1v) is 14.1. The van der Waals surface area contributed by atoms with Crippen LogP contribution in [-0.2, 0) is 31.4 Å². The number of aromatic nitrogens is 4. The van der Waals surface area contributed by atoms with E-state index in [1.807, 2.05) is 42.3 Å². The highest BCUT2D eigenvalue weighted by Crippen LogP contribution is 2.30. The van der Waals surface area contributed by atoms with E-state index in [0.29, 0.717) is 43.4 Å². The number of benzene rings is 2. The Morgan fingerprint density at radius 2 is 1.88 bits per heavy atom. The molecule has 4 heterocycles. The molecule has 9 nitrogen and oxygen atoms in total. The zero-order chi connectivity index (χ0) is 27.9. The largest absolute Gasteiger partial charge is 0.388 e. The minimum absolute atomic E-state index is 0.0955. The molecule has 6 rings (SSSR count). The van der Waals surface area contributed by atoms with Crippen LogP contribution < -0.4 is 10.9 Å². The van der Waals surface area contributed by atoms with E-state index in [4.69, 9.17) is 0 Å². The number of carbonyl (C=O) groups is 1. The van der Waals surface area contributed by atoms with Gasteiger partial charge in [0.2, 0.25) is 5.91 Å². The highest BCUT2D eigenvalue weighted by Gasteiger charge is 2.35. The third-order valence-electron chi connectivity index (χ3n) is 8.54. The van der Waals surface area contributed by atoms with Gasteiger partial charge in [0, 0.05) is 38.7 Å². The van der Waals surface area contributed by atoms with Gasteiger partial charge in [0.05, 0.1) is 24.2 Å². The number of hydrogen-bond donors (Lipinski definition) is 2. The molecule has 40 heavy (non-hydrogen) atoms. The number of rotatable bonds is 6. The summed E-state index contributed by atoms with van der Waals surface area (Å²) in [6, 6.07) is 16.4. The average molecular weight is 541 g/mol. The summed E-state index contributed by atoms with van der Waals surface area (Å²) in [6.07, 6.45) is 3.73. The number of nitrogens with one attached hydrogen (secondary N) is 1. The number of amides is 1. The maximum Gasteiger partial charge on any atom is 0.281 e. The minimum atomic E-state index is -1.09. The number of hydrogen-bond acceptors (Lipinski definition) is 6. The Kier molecular flexibility index (Phi) is 7.02. The molecule has 208 valence electrons. The first kappa shape index (κ1) is 26.4. The van der Waals surface area contributed by atoms with Gasteiger partial charge < -0.3 is 15.3 Å². The predicted octanol–water partition coefficient (Wildman–Crippen LogP) is 2.99. The normalized spacial score (nSPS) is 17.5. The van der Waals surface area contributed by atoms with Gasteiger partial charge in [-0.1, -0.05) is 49.4 Å². The number of likely N-dealkylation sites (tertiary alicyclic amines) is 1. The van der Waals surface area contributed by atoms with E-state index in [1.165, 1.54) is 22.0 Å². The fraction of sp³-hybridized carbons (Fsp3) is 0.419. The van der Waals surface area contributed by atoms with Crippen molar-refractivity contribution >= 4 is 16.9 Å². The number of nitrogens with zero attached hydrogens (tertiary/aromatic N) is 5. The third-order valence-corrected chi connectivity index (χ3v) is 8.54. The lowest BCUT2D eigenvalue weighted by molar-refractivity contribution is -0.136. The Morgan fingerprint density at radius 1 is 1.10 bits per heavy atom. The average Bonchev–Trinajstić information content (AvgIpc) is 3.31. The van der Waals surface area contributed by atoms with Crippen molar-refractivity contribution in [2.24, 2.45) is 7.05 Å². The zero-order valence-electron chi connectivity index (χ0n) is 23.1. The molecule has 1 atom stereocenters. The highest BCUT2D eigenvalue weighted by atomic mass is 16.3. The molecule has 1 saturated heterocycles. The van der Waals surface area contributed by atoms with Gasteiger partial charge >= 0.3 is 0 Å². The van der Waals surface area contributed by atoms with Crippen molar-refractivity contribution in [1.82, 2.24) is 29.5 Å². The van der Waals surface area contributed by atoms with Crippen molar-refractivity contribution in [2.45, 2.75) is 57.2 Å². The number of aryl methyl sites for hydroxylation is 1. The summed E-state index contributed by atoms with van der Waals surface area (Å²) in [5.41, 5.74) is 5.06. The number of carbonyl (C=O) groups excluding carboxylic acids is 1. The summed E-state index contributed by atoms with van der Waals surface area (Å²) < 4.78 is 3.19. The lowest BCUT2D eigenvalue weighted by atomic mass is 9.90. The second-order valence-corrected chi connectivity index (χ2v) is 11.4. The van der Waals surface area contributed by atoms with Gasteiger partial charge in [-0.3, -0.25) is 18.8 Å². The molecule has 2 aromatic heterocycles. The van der Waals surface area contributed by atoms with E-state index >= 15 is 0 Å². The molecular weight excluding hydrogens is 504 g/mol. The molecule has 0 bridgehead atoms. The molecule has 1 fully saturated rings. The van der Waals surface area contributed by atoms with E-state index in [0.717, 1.165) is 36.3 Å². The smallest absolute Gasteiger partial charge is 0.281 e. The van der Waals surface area contributed by atoms with Gasteiger partial charge in [-0.15, -0.1) is 0 Å². The third kappa shape index (κ3) is 5.07. The summed E-state index contributed by atoms with van der Waals surface area (Å²) >= 11 is 0. The number of fused-ring (bicyclic) bond motifs is 2. The van der Waals surface area contributed by atoms with Gasteiger partial charge in [-0.25, -0.2) is 4.98 Å². The van der Waals surface area contributed by atoms with Gasteiger partial charge in [0.25, 0.3) is 5.56 Å². The van der Waals surface area contributed by atoms with E-state index in [-0.39, 0.29) is 23.9 Å². The van der Waals surface area contributed by atoms with Crippen molar-refractivity contribution < 1.29 is 9.90 Å². The number of aliphatic hydroxyl groups is 1. The maximum atomic E-state index is 13.5. The van der Waals surface area contributed by atoms with Crippen molar-refractivity contribution in [3.63, 3.8) is 0 Å². The summed E-state index contributed by atoms with van der Waals surface area (Å²) in [5.74, 6) is 0.227. The minimum Gasteiger partial charge on any atom is -0.388 e. The second-order valence-electron chi connectivity index (χ2n) is 11.4. The Labute approximate surface area is 233 Å². The first-order chi connectivity index (χ1) is 19.3. The fourth-order valence-corrected chi connectivity index (χ4v) is 6.09. The van der Waals surface area contributed by atoms with Crippen LogP contribution in [0.3, 0.4) is 0 Å². The zero-order valence-corrected chi connectivity index (χ0v) is 23.1. The molecule has 1 amide bonds. The van der Waals surface area contributed by atoms with E-state index in [2.05, 4.69) is 40.5 Å². The lowest BCUT2D eigenvalue weighted by Crippen LogP contribution is -2.49. The molecule has 2 N–H and O–H groups in total. The molecule has 0 saturated carbocycles. The Hall–Kier alpha value is -3.82. The van der Waals surface area contributed by atoms with Crippen molar-refractivity contribution in [3.8, 4) is 11.3 Å². The van der Waals surface area contributed by atoms with Crippen molar-refractivity contribution in [2.75, 3.05) is 19.6 Å². The van der Waals surface area contributed by atoms with E-state index in [1.54, 1.807) is 4.68 Å². The van der Waals surface area contributed by atoms with Crippen LogP contribution in [0.25, 0.3) is 22.3 Å². The first-order valence-electron chi connectivity index (χ1n) is 14.1. The van der Waals surface area contributed by atoms with E-state index < -0.39 is 5.60 Å². The van der Waals surface area contributed by atoms with Crippen LogP contribution >= 0.6 is 0 Å². The van der Waals surface area contributed by atoms with Gasteiger partial charge in [0.15, 0.2) is 5.52 Å². The number of piperidine rings is 1. The van der Waals surface area contributed by atoms with Crippen LogP contribution in [0.2, 0.25) is 0 Å². The van der Waals surface area contributed by atoms with E-state index in [9.17, 15) is 14.7 Å². The van der Waals surface area contributed by atoms with Crippen LogP contribution in [0.1, 0.15) is 48.8 Å². The quantitative estimate of drug-likeness (QED) is 0.390. The molecule has 0 spiro atoms. The predicted molar refractivity (Wildman–Crippen MR) is 154 cm³/mol. The lowest BCUT2D eigenvalue weighted by Gasteiger charge is -2.38. The SMILES string of the molecule is C[C@H](CC(=O)N1CCC(O)(Cn2cnc3c(-c4ccc5c(c4)CCNC5)n(C)nc3c2=O)CC1)c1ccccc1. The van der Waals surface area contributed by atoms with Gasteiger partial charge in [-0.2, -0.15) is 5.10 Å². The summed E-state index contributed by atoms with van der Waals surface area (Å²) in [7, 11) is 1.83. The molecule has 0 radical (unpaired) electrons. The van der Waals surface area contributed by atoms with Gasteiger partial charge in [-0.05, 0) is 54.5 Å². The van der Waals surface area contributed by atoms with Crippen LogP contribution in [0.4, 0.5) is 0 Å². The van der Waals surface area contributed by atoms with Crippen LogP contribution in [0, 0.1) is 0 Å². The Bertz CT molecular complexity index is 1600. The topological polar surface area (TPSA) is 105 Å². The fourth-order valence-electron chi connectivity index (χ4n) is 6.09. The highest BCUT2D eigenvalue weighted by molar-refractivity contribution is 5.89. The maximum absolute atomic E-state index is 13.5. The molecule has 2 aromatic carbocycles. The summed E-state index contributed by atoms with van der Waals surface area (Å²) in [4.78, 5) is 32.9. The molecular formula is C31H36N6O3. The van der Waals surface area contributed by atoms with Crippen LogP contribution in [-0.4, -0.2) is 60.5 Å². The Balaban J connectivity index is 1.16. The molecule has 2 aliphatic rings. The van der Waals surface area contributed by atoms with Crippen molar-refractivity contribution in [3.05, 3.63) is 81.9 Å². The Morgan fingerprint density at radius 3 is 2.65 bits per heavy atom. The standard InChI is InChI=1S/C31H36N6O3/c1-21(22-6-4-3-5-7-22)16-26(38)36-14-11-31(40,12-15-36)19-37-20-33-27-28(30(37)39)34-35(2)29(27)24-8-9-25-18-32-13-10-23(25)17-24/h3-9,17,20-21,32,40H,10-16,18-19H2,1-2H3/t21-/m1/s1. The summed E-state index contributed by atoms with van der Waals surface area (Å²) in [5, 5.41) is 19.3. The van der Waals surface area contributed by atoms with Crippen molar-refractivity contribution in [1.29, 1.82) is 0 Å². The van der Waals surface area contributed by atoms with Gasteiger partial charge in [0.1, 0.15) is 5.52 Å². The molecule has 2 aliphatic heterocycles. The molecule has 4 aromatic rings. The molecule has 9 heteroatoms. The second kappa shape index (κ2) is 10.6. The van der Waals surface area contributed by atoms with Crippen LogP contribution in [0.5, 0.6) is 0 Å².